The van der Waals surface area contributed by atoms with Crippen molar-refractivity contribution in [3.8, 4) is 6.07 Å². The van der Waals surface area contributed by atoms with Crippen molar-refractivity contribution in [1.29, 1.82) is 5.26 Å². The first-order chi connectivity index (χ1) is 6.04. The standard InChI is InChI=1S/C5H9N.C5H12.C2H6/c1-5(2)3-4-6;1-4-5(2)3;1-2/h5H,3H2,1-2H3;5H,4H2,1-3H3;1-2H3. The average molecular weight is 185 g/mol. The smallest absolute Gasteiger partial charge is 0.0624 e. The van der Waals surface area contributed by atoms with Gasteiger partial charge in [-0.25, -0.2) is 0 Å². The molecule has 0 aromatic heterocycles. The molecular formula is C12H27N. The number of hydrogen-bond donors (Lipinski definition) is 0. The second kappa shape index (κ2) is 17.5. The van der Waals surface area contributed by atoms with Gasteiger partial charge in [-0.3, -0.25) is 0 Å². The molecule has 0 saturated carbocycles. The van der Waals surface area contributed by atoms with E-state index in [1.165, 1.54) is 6.42 Å². The summed E-state index contributed by atoms with van der Waals surface area (Å²) in [5.74, 6) is 1.42. The summed E-state index contributed by atoms with van der Waals surface area (Å²) in [5, 5.41) is 7.99. The van der Waals surface area contributed by atoms with E-state index < -0.39 is 0 Å². The second-order valence-corrected chi connectivity index (χ2v) is 3.56. The van der Waals surface area contributed by atoms with E-state index in [-0.39, 0.29) is 0 Å². The highest BCUT2D eigenvalue weighted by atomic mass is 14.2. The van der Waals surface area contributed by atoms with E-state index in [4.69, 9.17) is 5.26 Å². The lowest BCUT2D eigenvalue weighted by Crippen LogP contribution is -1.79. The fraction of sp³-hybridized carbons (Fsp3) is 0.917. The highest BCUT2D eigenvalue weighted by Gasteiger charge is 1.85. The molecule has 0 radical (unpaired) electrons. The second-order valence-electron chi connectivity index (χ2n) is 3.56. The molecule has 0 saturated heterocycles. The zero-order valence-corrected chi connectivity index (χ0v) is 10.5. The third-order valence-corrected chi connectivity index (χ3v) is 1.32. The Morgan fingerprint density at radius 3 is 1.31 bits per heavy atom. The van der Waals surface area contributed by atoms with Gasteiger partial charge in [-0.1, -0.05) is 54.9 Å². The first kappa shape index (κ1) is 18.3. The van der Waals surface area contributed by atoms with Crippen molar-refractivity contribution in [2.45, 2.75) is 61.3 Å². The van der Waals surface area contributed by atoms with Crippen molar-refractivity contribution in [2.24, 2.45) is 11.8 Å². The first-order valence-electron chi connectivity index (χ1n) is 5.41. The third-order valence-electron chi connectivity index (χ3n) is 1.32. The molecule has 80 valence electrons. The van der Waals surface area contributed by atoms with Crippen LogP contribution in [0, 0.1) is 23.2 Å². The van der Waals surface area contributed by atoms with Crippen LogP contribution in [0.15, 0.2) is 0 Å². The summed E-state index contributed by atoms with van der Waals surface area (Å²) in [6.45, 7) is 14.7. The SMILES string of the molecule is CC.CC(C)CC#N.CCC(C)C. The molecule has 0 spiro atoms. The summed E-state index contributed by atoms with van der Waals surface area (Å²) in [4.78, 5) is 0. The molecule has 0 aliphatic heterocycles. The molecular weight excluding hydrogens is 158 g/mol. The predicted octanol–water partition coefficient (Wildman–Crippen LogP) is 4.63. The predicted molar refractivity (Wildman–Crippen MR) is 61.5 cm³/mol. The Hall–Kier alpha value is -0.510. The van der Waals surface area contributed by atoms with Gasteiger partial charge in [-0.15, -0.1) is 0 Å². The van der Waals surface area contributed by atoms with Crippen molar-refractivity contribution in [1.82, 2.24) is 0 Å². The fourth-order valence-electron chi connectivity index (χ4n) is 0.183. The Labute approximate surface area is 85.2 Å². The van der Waals surface area contributed by atoms with E-state index in [1.807, 2.05) is 27.7 Å². The minimum Gasteiger partial charge on any atom is -0.198 e. The number of rotatable bonds is 2. The molecule has 0 bridgehead atoms. The van der Waals surface area contributed by atoms with Gasteiger partial charge in [0.1, 0.15) is 0 Å². The highest BCUT2D eigenvalue weighted by Crippen LogP contribution is 1.94. The summed E-state index contributed by atoms with van der Waals surface area (Å²) >= 11 is 0. The molecule has 1 nitrogen and oxygen atoms in total. The highest BCUT2D eigenvalue weighted by molar-refractivity contribution is 4.69. The van der Waals surface area contributed by atoms with E-state index in [0.29, 0.717) is 12.3 Å². The Balaban J connectivity index is -0.000000131. The lowest BCUT2D eigenvalue weighted by molar-refractivity contribution is 0.626. The molecule has 0 N–H and O–H groups in total. The summed E-state index contributed by atoms with van der Waals surface area (Å²) < 4.78 is 0. The lowest BCUT2D eigenvalue weighted by Gasteiger charge is -1.90. The van der Waals surface area contributed by atoms with Crippen LogP contribution in [0.2, 0.25) is 0 Å². The number of nitrogens with zero attached hydrogens (tertiary/aromatic N) is 1. The fourth-order valence-corrected chi connectivity index (χ4v) is 0.183. The molecule has 13 heavy (non-hydrogen) atoms. The van der Waals surface area contributed by atoms with Crippen LogP contribution in [0.5, 0.6) is 0 Å². The zero-order valence-electron chi connectivity index (χ0n) is 10.5. The van der Waals surface area contributed by atoms with E-state index in [9.17, 15) is 0 Å². The van der Waals surface area contributed by atoms with Crippen LogP contribution in [0.3, 0.4) is 0 Å². The summed E-state index contributed by atoms with van der Waals surface area (Å²) in [7, 11) is 0. The van der Waals surface area contributed by atoms with E-state index >= 15 is 0 Å². The largest absolute Gasteiger partial charge is 0.198 e. The number of hydrogen-bond acceptors (Lipinski definition) is 1. The topological polar surface area (TPSA) is 23.8 Å². The summed E-state index contributed by atoms with van der Waals surface area (Å²) in [5.41, 5.74) is 0. The van der Waals surface area contributed by atoms with E-state index in [0.717, 1.165) is 5.92 Å². The van der Waals surface area contributed by atoms with Crippen molar-refractivity contribution in [3.63, 3.8) is 0 Å². The van der Waals surface area contributed by atoms with Crippen LogP contribution in [-0.4, -0.2) is 0 Å². The van der Waals surface area contributed by atoms with Gasteiger partial charge < -0.3 is 0 Å². The molecule has 0 aliphatic carbocycles. The summed E-state index contributed by atoms with van der Waals surface area (Å²) in [6.07, 6.45) is 1.99. The molecule has 0 atom stereocenters. The quantitative estimate of drug-likeness (QED) is 0.615. The maximum Gasteiger partial charge on any atom is 0.0624 e. The molecule has 0 heterocycles. The maximum absolute atomic E-state index is 7.99. The van der Waals surface area contributed by atoms with Crippen LogP contribution in [0.4, 0.5) is 0 Å². The summed E-state index contributed by atoms with van der Waals surface area (Å²) in [6, 6.07) is 2.07. The normalized spacial score (nSPS) is 8.00. The van der Waals surface area contributed by atoms with Crippen LogP contribution >= 0.6 is 0 Å². The van der Waals surface area contributed by atoms with Gasteiger partial charge in [0.05, 0.1) is 6.07 Å². The van der Waals surface area contributed by atoms with Gasteiger partial charge in [-0.05, 0) is 11.8 Å². The molecule has 0 aliphatic rings. The first-order valence-corrected chi connectivity index (χ1v) is 5.41. The van der Waals surface area contributed by atoms with Crippen LogP contribution < -0.4 is 0 Å². The van der Waals surface area contributed by atoms with Crippen molar-refractivity contribution in [2.75, 3.05) is 0 Å². The Morgan fingerprint density at radius 2 is 1.31 bits per heavy atom. The van der Waals surface area contributed by atoms with Gasteiger partial charge in [0.25, 0.3) is 0 Å². The number of nitriles is 1. The third kappa shape index (κ3) is 51.3. The lowest BCUT2D eigenvalue weighted by atomic mass is 10.2. The van der Waals surface area contributed by atoms with Gasteiger partial charge in [0, 0.05) is 6.42 Å². The zero-order chi connectivity index (χ0) is 11.3. The van der Waals surface area contributed by atoms with Gasteiger partial charge in [0.2, 0.25) is 0 Å². The molecule has 0 rings (SSSR count). The van der Waals surface area contributed by atoms with Gasteiger partial charge >= 0.3 is 0 Å². The minimum absolute atomic E-state index is 0.537. The van der Waals surface area contributed by atoms with Gasteiger partial charge in [0.15, 0.2) is 0 Å². The Kier molecular flexibility index (Phi) is 24.7. The van der Waals surface area contributed by atoms with Gasteiger partial charge in [-0.2, -0.15) is 5.26 Å². The average Bonchev–Trinajstić information content (AvgIpc) is 2.09. The van der Waals surface area contributed by atoms with E-state index in [1.54, 1.807) is 0 Å². The molecule has 0 aromatic rings. The molecule has 0 aromatic carbocycles. The monoisotopic (exact) mass is 185 g/mol. The van der Waals surface area contributed by atoms with Crippen molar-refractivity contribution >= 4 is 0 Å². The Bertz CT molecular complexity index is 98.2. The Morgan fingerprint density at radius 1 is 1.00 bits per heavy atom. The van der Waals surface area contributed by atoms with Crippen LogP contribution in [0.25, 0.3) is 0 Å². The molecule has 0 amide bonds. The minimum atomic E-state index is 0.537. The van der Waals surface area contributed by atoms with Crippen molar-refractivity contribution < 1.29 is 0 Å². The molecule has 0 unspecified atom stereocenters. The maximum atomic E-state index is 7.99. The van der Waals surface area contributed by atoms with Crippen LogP contribution in [-0.2, 0) is 0 Å². The van der Waals surface area contributed by atoms with Crippen LogP contribution in [0.1, 0.15) is 61.3 Å². The van der Waals surface area contributed by atoms with E-state index in [2.05, 4.69) is 26.8 Å². The molecule has 0 fully saturated rings. The molecule has 1 heteroatoms. The van der Waals surface area contributed by atoms with Crippen molar-refractivity contribution in [3.05, 3.63) is 0 Å².